The number of benzene rings is 2. The zero-order valence-electron chi connectivity index (χ0n) is 21.2. The number of nitrogens with zero attached hydrogens (tertiary/aromatic N) is 2. The first-order chi connectivity index (χ1) is 17.0. The van der Waals surface area contributed by atoms with Crippen molar-refractivity contribution in [3.63, 3.8) is 0 Å². The summed E-state index contributed by atoms with van der Waals surface area (Å²) in [4.78, 5) is 27.0. The van der Waals surface area contributed by atoms with E-state index in [-0.39, 0.29) is 31.4 Å². The third-order valence-corrected chi connectivity index (χ3v) is 7.60. The van der Waals surface area contributed by atoms with Gasteiger partial charge >= 0.3 is 0 Å². The molecule has 0 aliphatic carbocycles. The van der Waals surface area contributed by atoms with Crippen molar-refractivity contribution in [3.8, 4) is 0 Å². The molecule has 2 aromatic rings. The molecule has 0 spiro atoms. The summed E-state index contributed by atoms with van der Waals surface area (Å²) in [5, 5.41) is 7.99. The van der Waals surface area contributed by atoms with Crippen molar-refractivity contribution in [1.29, 1.82) is 0 Å². The van der Waals surface area contributed by atoms with Gasteiger partial charge in [0.1, 0.15) is 0 Å². The van der Waals surface area contributed by atoms with E-state index >= 15 is 0 Å². The van der Waals surface area contributed by atoms with Crippen LogP contribution in [0.5, 0.6) is 0 Å². The van der Waals surface area contributed by atoms with Crippen LogP contribution >= 0.6 is 11.9 Å². The van der Waals surface area contributed by atoms with E-state index < -0.39 is 6.29 Å². The first kappa shape index (κ1) is 27.4. The van der Waals surface area contributed by atoms with Crippen LogP contribution in [0.1, 0.15) is 31.4 Å². The molecule has 8 nitrogen and oxygen atoms in total. The van der Waals surface area contributed by atoms with Crippen LogP contribution in [0.2, 0.25) is 0 Å². The molecule has 0 radical (unpaired) electrons. The van der Waals surface area contributed by atoms with Gasteiger partial charge in [-0.1, -0.05) is 54.4 Å². The first-order valence-corrected chi connectivity index (χ1v) is 13.3. The van der Waals surface area contributed by atoms with Gasteiger partial charge in [-0.15, -0.1) is 0 Å². The molecule has 1 unspecified atom stereocenters. The van der Waals surface area contributed by atoms with Crippen molar-refractivity contribution in [2.24, 2.45) is 0 Å². The molecule has 1 fully saturated rings. The van der Waals surface area contributed by atoms with Gasteiger partial charge in [0.15, 0.2) is 6.29 Å². The Kier molecular flexibility index (Phi) is 10.8. The Morgan fingerprint density at radius 3 is 2.43 bits per heavy atom. The van der Waals surface area contributed by atoms with E-state index in [1.54, 1.807) is 11.9 Å². The minimum absolute atomic E-state index is 0.0673. The van der Waals surface area contributed by atoms with Crippen molar-refractivity contribution in [2.45, 2.75) is 38.1 Å². The number of methoxy groups -OCH3 is 2. The molecule has 1 saturated heterocycles. The van der Waals surface area contributed by atoms with Crippen molar-refractivity contribution in [2.75, 3.05) is 53.2 Å². The predicted molar refractivity (Wildman–Crippen MR) is 141 cm³/mol. The number of nitrogens with one attached hydrogen (secondary N) is 2. The third-order valence-electron chi connectivity index (χ3n) is 6.70. The highest BCUT2D eigenvalue weighted by Crippen LogP contribution is 2.31. The number of rotatable bonds is 12. The number of carbonyl (C=O) groups is 2. The Bertz CT molecular complexity index is 958. The lowest BCUT2D eigenvalue weighted by molar-refractivity contribution is -0.129. The lowest BCUT2D eigenvalue weighted by Gasteiger charge is -2.40. The minimum Gasteiger partial charge on any atom is -0.354 e. The summed E-state index contributed by atoms with van der Waals surface area (Å²) in [6.45, 7) is 4.67. The number of ether oxygens (including phenoxy) is 2. The maximum Gasteiger partial charge on any atom is 0.239 e. The lowest BCUT2D eigenvalue weighted by Crippen LogP contribution is -2.47. The highest BCUT2D eigenvalue weighted by molar-refractivity contribution is 7.96. The summed E-state index contributed by atoms with van der Waals surface area (Å²) >= 11 is 1.59. The van der Waals surface area contributed by atoms with Crippen LogP contribution in [0.4, 0.5) is 0 Å². The number of carbonyl (C=O) groups excluding carboxylic acids is 2. The van der Waals surface area contributed by atoms with Gasteiger partial charge in [-0.2, -0.15) is 0 Å². The number of amides is 2. The molecule has 9 heteroatoms. The van der Waals surface area contributed by atoms with Crippen molar-refractivity contribution < 1.29 is 19.1 Å². The van der Waals surface area contributed by atoms with Gasteiger partial charge in [0, 0.05) is 39.4 Å². The van der Waals surface area contributed by atoms with Crippen molar-refractivity contribution in [3.05, 3.63) is 48.0 Å². The van der Waals surface area contributed by atoms with Gasteiger partial charge < -0.3 is 20.1 Å². The maximum atomic E-state index is 12.5. The zero-order chi connectivity index (χ0) is 25.2. The second-order valence-electron chi connectivity index (χ2n) is 8.75. The van der Waals surface area contributed by atoms with Crippen LogP contribution in [0, 0.1) is 0 Å². The quantitative estimate of drug-likeness (QED) is 0.341. The van der Waals surface area contributed by atoms with E-state index in [1.807, 2.05) is 6.26 Å². The smallest absolute Gasteiger partial charge is 0.239 e. The Balaban J connectivity index is 1.46. The Hall–Kier alpha value is -2.17. The van der Waals surface area contributed by atoms with Crippen LogP contribution in [0.25, 0.3) is 10.8 Å². The normalized spacial score (nSPS) is 16.1. The van der Waals surface area contributed by atoms with E-state index in [4.69, 9.17) is 9.47 Å². The van der Waals surface area contributed by atoms with Gasteiger partial charge in [-0.05, 0) is 42.4 Å². The number of fused-ring (bicyclic) bond motifs is 1. The van der Waals surface area contributed by atoms with Crippen molar-refractivity contribution in [1.82, 2.24) is 19.8 Å². The molecule has 0 aromatic heterocycles. The monoisotopic (exact) mass is 502 g/mol. The molecule has 0 bridgehead atoms. The standard InChI is InChI=1S/C26H38N4O4S/c1-19(22-11-7-9-20-8-5-6-10-23(20)22)29-14-12-21(13-15-29)30(35-4)18-25(32)27-16-24(31)28-17-26(33-2)34-3/h5-11,19,21,26H,12-18H2,1-4H3,(H,27,32)(H,28,31). The van der Waals surface area contributed by atoms with E-state index in [0.29, 0.717) is 12.1 Å². The van der Waals surface area contributed by atoms with Gasteiger partial charge in [-0.3, -0.25) is 14.5 Å². The van der Waals surface area contributed by atoms with Crippen LogP contribution < -0.4 is 10.6 Å². The molecule has 1 heterocycles. The molecule has 1 atom stereocenters. The molecule has 0 saturated carbocycles. The summed E-state index contributed by atoms with van der Waals surface area (Å²) in [6.07, 6.45) is 3.50. The SMILES string of the molecule is COC(CNC(=O)CNC(=O)CN(SC)C1CCN(C(C)c2cccc3ccccc23)CC1)OC. The molecular formula is C26H38N4O4S. The topological polar surface area (TPSA) is 83.1 Å². The Morgan fingerprint density at radius 1 is 1.06 bits per heavy atom. The van der Waals surface area contributed by atoms with Crippen LogP contribution in [0.3, 0.4) is 0 Å². The Morgan fingerprint density at radius 2 is 1.74 bits per heavy atom. The summed E-state index contributed by atoms with van der Waals surface area (Å²) < 4.78 is 12.2. The second kappa shape index (κ2) is 13.8. The van der Waals surface area contributed by atoms with E-state index in [1.165, 1.54) is 30.6 Å². The molecule has 1 aliphatic rings. The summed E-state index contributed by atoms with van der Waals surface area (Å²) in [5.41, 5.74) is 1.36. The molecule has 192 valence electrons. The van der Waals surface area contributed by atoms with E-state index in [9.17, 15) is 9.59 Å². The number of likely N-dealkylation sites (tertiary alicyclic amines) is 1. The molecular weight excluding hydrogens is 464 g/mol. The fourth-order valence-electron chi connectivity index (χ4n) is 4.61. The number of piperidine rings is 1. The summed E-state index contributed by atoms with van der Waals surface area (Å²) in [6, 6.07) is 15.8. The van der Waals surface area contributed by atoms with Crippen LogP contribution in [0.15, 0.2) is 42.5 Å². The van der Waals surface area contributed by atoms with E-state index in [0.717, 1.165) is 25.9 Å². The van der Waals surface area contributed by atoms with Gasteiger partial charge in [0.25, 0.3) is 0 Å². The number of hydrogen-bond acceptors (Lipinski definition) is 7. The predicted octanol–water partition coefficient (Wildman–Crippen LogP) is 2.80. The molecule has 3 rings (SSSR count). The van der Waals surface area contributed by atoms with Gasteiger partial charge in [0.2, 0.25) is 11.8 Å². The van der Waals surface area contributed by atoms with E-state index in [2.05, 4.69) is 69.2 Å². The minimum atomic E-state index is -0.504. The summed E-state index contributed by atoms with van der Waals surface area (Å²) in [5.74, 6) is -0.431. The van der Waals surface area contributed by atoms with Crippen LogP contribution in [-0.2, 0) is 19.1 Å². The fraction of sp³-hybridized carbons (Fsp3) is 0.538. The third kappa shape index (κ3) is 7.65. The molecule has 2 amide bonds. The lowest BCUT2D eigenvalue weighted by atomic mass is 9.96. The highest BCUT2D eigenvalue weighted by Gasteiger charge is 2.28. The van der Waals surface area contributed by atoms with Crippen molar-refractivity contribution >= 4 is 34.5 Å². The molecule has 35 heavy (non-hydrogen) atoms. The fourth-order valence-corrected chi connectivity index (χ4v) is 5.37. The first-order valence-electron chi connectivity index (χ1n) is 12.1. The van der Waals surface area contributed by atoms with Gasteiger partial charge in [0.05, 0.1) is 19.6 Å². The average Bonchev–Trinajstić information content (AvgIpc) is 2.90. The van der Waals surface area contributed by atoms with Crippen LogP contribution in [-0.4, -0.2) is 86.6 Å². The Labute approximate surface area is 212 Å². The largest absolute Gasteiger partial charge is 0.354 e. The maximum absolute atomic E-state index is 12.5. The zero-order valence-corrected chi connectivity index (χ0v) is 22.0. The van der Waals surface area contributed by atoms with Gasteiger partial charge in [-0.25, -0.2) is 4.31 Å². The second-order valence-corrected chi connectivity index (χ2v) is 9.59. The summed E-state index contributed by atoms with van der Waals surface area (Å²) in [7, 11) is 3.02. The molecule has 2 N–H and O–H groups in total. The highest BCUT2D eigenvalue weighted by atomic mass is 32.2. The average molecular weight is 503 g/mol. The number of hydrogen-bond donors (Lipinski definition) is 2. The molecule has 2 aromatic carbocycles. The molecule has 1 aliphatic heterocycles.